The Labute approximate surface area is 176 Å². The molecule has 6 heteroatoms. The number of thiazole rings is 1. The van der Waals surface area contributed by atoms with Gasteiger partial charge in [0.15, 0.2) is 0 Å². The van der Waals surface area contributed by atoms with Gasteiger partial charge in [0, 0.05) is 29.1 Å². The zero-order valence-corrected chi connectivity index (χ0v) is 18.4. The molecule has 0 saturated heterocycles. The second-order valence-electron chi connectivity index (χ2n) is 7.03. The average molecular weight is 410 g/mol. The molecule has 0 radical (unpaired) electrons. The van der Waals surface area contributed by atoms with Crippen molar-refractivity contribution < 1.29 is 9.47 Å². The maximum atomic E-state index is 5.28. The average Bonchev–Trinajstić information content (AvgIpc) is 3.10. The molecule has 2 aromatic carbocycles. The summed E-state index contributed by atoms with van der Waals surface area (Å²) >= 11 is 1.60. The fourth-order valence-corrected chi connectivity index (χ4v) is 3.87. The summed E-state index contributed by atoms with van der Waals surface area (Å²) in [4.78, 5) is 5.64. The predicted molar refractivity (Wildman–Crippen MR) is 120 cm³/mol. The van der Waals surface area contributed by atoms with Gasteiger partial charge in [-0.05, 0) is 62.7 Å². The SMILES string of the molecule is COc1ccc(CC(C)=Nn2c(-c3ccc(OC)cc3)csc2=NC(C)C)cc1. The van der Waals surface area contributed by atoms with E-state index < -0.39 is 0 Å². The van der Waals surface area contributed by atoms with E-state index in [2.05, 4.69) is 31.4 Å². The zero-order chi connectivity index (χ0) is 20.8. The highest BCUT2D eigenvalue weighted by molar-refractivity contribution is 7.07. The number of benzene rings is 2. The molecule has 0 bridgehead atoms. The number of hydrogen-bond acceptors (Lipinski definition) is 5. The lowest BCUT2D eigenvalue weighted by atomic mass is 10.1. The summed E-state index contributed by atoms with van der Waals surface area (Å²) in [5.74, 6) is 1.69. The number of ether oxygens (including phenoxy) is 2. The van der Waals surface area contributed by atoms with Crippen LogP contribution in [0.1, 0.15) is 26.3 Å². The van der Waals surface area contributed by atoms with Gasteiger partial charge in [-0.15, -0.1) is 11.3 Å². The molecule has 29 heavy (non-hydrogen) atoms. The van der Waals surface area contributed by atoms with Crippen LogP contribution in [0.5, 0.6) is 11.5 Å². The molecule has 0 amide bonds. The number of methoxy groups -OCH3 is 2. The van der Waals surface area contributed by atoms with Gasteiger partial charge in [0.1, 0.15) is 11.5 Å². The molecular formula is C23H27N3O2S. The van der Waals surface area contributed by atoms with Crippen LogP contribution < -0.4 is 14.3 Å². The predicted octanol–water partition coefficient (Wildman–Crippen LogP) is 5.01. The third kappa shape index (κ3) is 5.35. The largest absolute Gasteiger partial charge is 0.497 e. The Morgan fingerprint density at radius 2 is 1.55 bits per heavy atom. The van der Waals surface area contributed by atoms with Gasteiger partial charge in [0.2, 0.25) is 4.80 Å². The van der Waals surface area contributed by atoms with E-state index in [9.17, 15) is 0 Å². The van der Waals surface area contributed by atoms with Crippen LogP contribution in [0.25, 0.3) is 11.3 Å². The molecule has 1 heterocycles. The topological polar surface area (TPSA) is 48.1 Å². The van der Waals surface area contributed by atoms with Crippen LogP contribution >= 0.6 is 11.3 Å². The quantitative estimate of drug-likeness (QED) is 0.515. The summed E-state index contributed by atoms with van der Waals surface area (Å²) in [6, 6.07) is 16.3. The highest BCUT2D eigenvalue weighted by atomic mass is 32.1. The highest BCUT2D eigenvalue weighted by Gasteiger charge is 2.09. The van der Waals surface area contributed by atoms with Crippen molar-refractivity contribution in [2.24, 2.45) is 10.1 Å². The maximum absolute atomic E-state index is 5.28. The molecule has 0 aliphatic rings. The molecule has 5 nitrogen and oxygen atoms in total. The van der Waals surface area contributed by atoms with E-state index in [1.807, 2.05) is 48.0 Å². The van der Waals surface area contributed by atoms with E-state index in [-0.39, 0.29) is 6.04 Å². The van der Waals surface area contributed by atoms with Crippen molar-refractivity contribution in [3.8, 4) is 22.8 Å². The minimum Gasteiger partial charge on any atom is -0.497 e. The van der Waals surface area contributed by atoms with Crippen molar-refractivity contribution >= 4 is 17.0 Å². The Hall–Kier alpha value is -2.86. The van der Waals surface area contributed by atoms with E-state index in [4.69, 9.17) is 19.6 Å². The van der Waals surface area contributed by atoms with Crippen molar-refractivity contribution in [2.45, 2.75) is 33.2 Å². The van der Waals surface area contributed by atoms with Gasteiger partial charge in [-0.2, -0.15) is 5.10 Å². The van der Waals surface area contributed by atoms with Crippen molar-refractivity contribution in [1.29, 1.82) is 0 Å². The second-order valence-corrected chi connectivity index (χ2v) is 7.86. The van der Waals surface area contributed by atoms with Crippen LogP contribution in [0.15, 0.2) is 64.0 Å². The first-order valence-electron chi connectivity index (χ1n) is 9.56. The van der Waals surface area contributed by atoms with Crippen LogP contribution in [-0.4, -0.2) is 30.6 Å². The number of rotatable bonds is 7. The number of nitrogens with zero attached hydrogens (tertiary/aromatic N) is 3. The molecule has 0 saturated carbocycles. The lowest BCUT2D eigenvalue weighted by molar-refractivity contribution is 0.414. The molecule has 0 unspecified atom stereocenters. The molecule has 0 atom stereocenters. The third-order valence-corrected chi connectivity index (χ3v) is 5.16. The molecule has 0 N–H and O–H groups in total. The minimum absolute atomic E-state index is 0.195. The van der Waals surface area contributed by atoms with E-state index in [1.54, 1.807) is 25.6 Å². The van der Waals surface area contributed by atoms with Crippen LogP contribution in [0.3, 0.4) is 0 Å². The smallest absolute Gasteiger partial charge is 0.206 e. The van der Waals surface area contributed by atoms with E-state index >= 15 is 0 Å². The Morgan fingerprint density at radius 1 is 0.966 bits per heavy atom. The molecular weight excluding hydrogens is 382 g/mol. The monoisotopic (exact) mass is 409 g/mol. The van der Waals surface area contributed by atoms with E-state index in [0.717, 1.165) is 39.7 Å². The van der Waals surface area contributed by atoms with Crippen molar-refractivity contribution in [3.05, 3.63) is 64.3 Å². The Balaban J connectivity index is 1.98. The van der Waals surface area contributed by atoms with Crippen molar-refractivity contribution in [2.75, 3.05) is 14.2 Å². The summed E-state index contributed by atoms with van der Waals surface area (Å²) in [6.07, 6.45) is 0.760. The summed E-state index contributed by atoms with van der Waals surface area (Å²) in [5.41, 5.74) is 4.30. The molecule has 1 aromatic heterocycles. The molecule has 0 aliphatic carbocycles. The standard InChI is InChI=1S/C23H27N3O2S/c1-16(2)24-23-26(22(15-29-23)19-8-12-21(28-5)13-9-19)25-17(3)14-18-6-10-20(27-4)11-7-18/h6-13,15-16H,14H2,1-5H3. The number of aromatic nitrogens is 1. The van der Waals surface area contributed by atoms with Gasteiger partial charge in [0.05, 0.1) is 19.9 Å². The second kappa shape index (κ2) is 9.56. The van der Waals surface area contributed by atoms with Crippen molar-refractivity contribution in [3.63, 3.8) is 0 Å². The molecule has 152 valence electrons. The zero-order valence-electron chi connectivity index (χ0n) is 17.5. The molecule has 3 aromatic rings. The first kappa shape index (κ1) is 20.9. The fraction of sp³-hybridized carbons (Fsp3) is 0.304. The molecule has 3 rings (SSSR count). The van der Waals surface area contributed by atoms with E-state index in [1.165, 1.54) is 5.56 Å². The van der Waals surface area contributed by atoms with Gasteiger partial charge in [-0.3, -0.25) is 4.99 Å². The normalized spacial score (nSPS) is 12.5. The molecule has 0 spiro atoms. The lowest BCUT2D eigenvalue weighted by Crippen LogP contribution is -2.16. The van der Waals surface area contributed by atoms with Crippen molar-refractivity contribution in [1.82, 2.24) is 4.68 Å². The molecule has 0 fully saturated rings. The van der Waals surface area contributed by atoms with Gasteiger partial charge in [0.25, 0.3) is 0 Å². The Kier molecular flexibility index (Phi) is 6.88. The van der Waals surface area contributed by atoms with Gasteiger partial charge in [-0.1, -0.05) is 12.1 Å². The summed E-state index contributed by atoms with van der Waals surface area (Å²) in [5, 5.41) is 7.02. The minimum atomic E-state index is 0.195. The van der Waals surface area contributed by atoms with Crippen LogP contribution in [0.2, 0.25) is 0 Å². The van der Waals surface area contributed by atoms with E-state index in [0.29, 0.717) is 0 Å². The summed E-state index contributed by atoms with van der Waals surface area (Å²) in [7, 11) is 3.35. The van der Waals surface area contributed by atoms with Gasteiger partial charge < -0.3 is 9.47 Å². The first-order chi connectivity index (χ1) is 14.0. The summed E-state index contributed by atoms with van der Waals surface area (Å²) < 4.78 is 12.5. The van der Waals surface area contributed by atoms with Gasteiger partial charge >= 0.3 is 0 Å². The summed E-state index contributed by atoms with van der Waals surface area (Å²) in [6.45, 7) is 6.20. The first-order valence-corrected chi connectivity index (χ1v) is 10.4. The van der Waals surface area contributed by atoms with Crippen LogP contribution in [0, 0.1) is 0 Å². The van der Waals surface area contributed by atoms with Crippen LogP contribution in [-0.2, 0) is 6.42 Å². The fourth-order valence-electron chi connectivity index (χ4n) is 2.91. The third-order valence-electron chi connectivity index (χ3n) is 4.33. The van der Waals surface area contributed by atoms with Crippen LogP contribution in [0.4, 0.5) is 0 Å². The molecule has 0 aliphatic heterocycles. The highest BCUT2D eigenvalue weighted by Crippen LogP contribution is 2.23. The maximum Gasteiger partial charge on any atom is 0.206 e. The Bertz CT molecular complexity index is 1030. The van der Waals surface area contributed by atoms with Gasteiger partial charge in [-0.25, -0.2) is 4.68 Å². The Morgan fingerprint density at radius 3 is 2.10 bits per heavy atom. The number of hydrogen-bond donors (Lipinski definition) is 0. The lowest BCUT2D eigenvalue weighted by Gasteiger charge is -2.08.